The van der Waals surface area contributed by atoms with Crippen LogP contribution in [-0.4, -0.2) is 18.5 Å². The second kappa shape index (κ2) is 8.87. The van der Waals surface area contributed by atoms with E-state index in [2.05, 4.69) is 78.9 Å². The highest BCUT2D eigenvalue weighted by Crippen LogP contribution is 2.16. The van der Waals surface area contributed by atoms with E-state index in [1.807, 2.05) is 0 Å². The van der Waals surface area contributed by atoms with Crippen LogP contribution in [0.25, 0.3) is 10.8 Å². The lowest BCUT2D eigenvalue weighted by Gasteiger charge is -2.14. The van der Waals surface area contributed by atoms with Crippen molar-refractivity contribution in [3.63, 3.8) is 0 Å². The second-order valence-electron chi connectivity index (χ2n) is 5.18. The van der Waals surface area contributed by atoms with Crippen molar-refractivity contribution < 1.29 is 0 Å². The quantitative estimate of drug-likeness (QED) is 0.466. The van der Waals surface area contributed by atoms with Crippen LogP contribution in [-0.2, 0) is 6.54 Å². The molecule has 114 valence electrons. The average Bonchev–Trinajstić information content (AvgIpc) is 2.44. The third kappa shape index (κ3) is 5.53. The van der Waals surface area contributed by atoms with Gasteiger partial charge >= 0.3 is 0 Å². The summed E-state index contributed by atoms with van der Waals surface area (Å²) in [4.78, 5) is 4.63. The molecule has 0 spiro atoms. The minimum atomic E-state index is 0. The van der Waals surface area contributed by atoms with Crippen LogP contribution in [0.2, 0.25) is 0 Å². The second-order valence-corrected chi connectivity index (χ2v) is 5.18. The van der Waals surface area contributed by atoms with E-state index in [-0.39, 0.29) is 24.0 Å². The summed E-state index contributed by atoms with van der Waals surface area (Å²) in [6.07, 6.45) is 0. The predicted octanol–water partition coefficient (Wildman–Crippen LogP) is 3.92. The Kier molecular flexibility index (Phi) is 7.50. The van der Waals surface area contributed by atoms with Gasteiger partial charge in [-0.1, -0.05) is 36.4 Å². The van der Waals surface area contributed by atoms with Crippen molar-refractivity contribution in [2.75, 3.05) is 6.54 Å². The fourth-order valence-corrected chi connectivity index (χ4v) is 2.10. The third-order valence-corrected chi connectivity index (χ3v) is 3.00. The molecule has 0 bridgehead atoms. The first-order valence-corrected chi connectivity index (χ1v) is 7.21. The Bertz CT molecular complexity index is 593. The Balaban J connectivity index is 0.00000220. The van der Waals surface area contributed by atoms with E-state index in [1.165, 1.54) is 16.3 Å². The molecule has 0 saturated carbocycles. The number of fused-ring (bicyclic) bond motifs is 1. The zero-order valence-electron chi connectivity index (χ0n) is 12.9. The van der Waals surface area contributed by atoms with E-state index < -0.39 is 0 Å². The molecule has 4 heteroatoms. The first-order chi connectivity index (χ1) is 9.69. The topological polar surface area (TPSA) is 36.4 Å². The number of halogens is 1. The van der Waals surface area contributed by atoms with Gasteiger partial charge in [0.25, 0.3) is 0 Å². The largest absolute Gasteiger partial charge is 0.357 e. The van der Waals surface area contributed by atoms with E-state index >= 15 is 0 Å². The Morgan fingerprint density at radius 2 is 1.81 bits per heavy atom. The molecule has 0 fully saturated rings. The Morgan fingerprint density at radius 3 is 2.48 bits per heavy atom. The molecule has 0 aromatic heterocycles. The summed E-state index contributed by atoms with van der Waals surface area (Å²) in [5.74, 6) is 0.871. The number of guanidine groups is 1. The van der Waals surface area contributed by atoms with Crippen LogP contribution >= 0.6 is 24.0 Å². The molecular weight excluding hydrogens is 373 g/mol. The number of hydrogen-bond donors (Lipinski definition) is 2. The van der Waals surface area contributed by atoms with Crippen LogP contribution in [0.1, 0.15) is 26.3 Å². The van der Waals surface area contributed by atoms with E-state index in [4.69, 9.17) is 0 Å². The van der Waals surface area contributed by atoms with E-state index in [9.17, 15) is 0 Å². The number of nitrogens with one attached hydrogen (secondary N) is 2. The SMILES string of the molecule is CCNC(=NCc1ccc2ccccc2c1)NC(C)C.I. The standard InChI is InChI=1S/C17H23N3.HI/c1-4-18-17(20-13(2)3)19-12-14-9-10-15-7-5-6-8-16(15)11-14;/h5-11,13H,4,12H2,1-3H3,(H2,18,19,20);1H. The highest BCUT2D eigenvalue weighted by molar-refractivity contribution is 14.0. The van der Waals surface area contributed by atoms with Crippen molar-refractivity contribution in [3.8, 4) is 0 Å². The molecule has 2 rings (SSSR count). The molecule has 3 nitrogen and oxygen atoms in total. The molecule has 0 radical (unpaired) electrons. The van der Waals surface area contributed by atoms with Crippen LogP contribution in [0.5, 0.6) is 0 Å². The van der Waals surface area contributed by atoms with E-state index in [0.717, 1.165) is 12.5 Å². The molecule has 0 saturated heterocycles. The van der Waals surface area contributed by atoms with Crippen LogP contribution < -0.4 is 10.6 Å². The van der Waals surface area contributed by atoms with Crippen LogP contribution in [0, 0.1) is 0 Å². The Labute approximate surface area is 144 Å². The fourth-order valence-electron chi connectivity index (χ4n) is 2.10. The lowest BCUT2D eigenvalue weighted by Crippen LogP contribution is -2.40. The van der Waals surface area contributed by atoms with Gasteiger partial charge in [-0.25, -0.2) is 4.99 Å². The van der Waals surface area contributed by atoms with Crippen LogP contribution in [0.3, 0.4) is 0 Å². The molecule has 0 aliphatic carbocycles. The van der Waals surface area contributed by atoms with Gasteiger partial charge in [-0.2, -0.15) is 0 Å². The zero-order chi connectivity index (χ0) is 14.4. The molecule has 0 aliphatic heterocycles. The van der Waals surface area contributed by atoms with E-state index in [0.29, 0.717) is 12.6 Å². The third-order valence-electron chi connectivity index (χ3n) is 3.00. The summed E-state index contributed by atoms with van der Waals surface area (Å²) in [7, 11) is 0. The maximum absolute atomic E-state index is 4.63. The van der Waals surface area contributed by atoms with Crippen molar-refractivity contribution >= 4 is 40.7 Å². The van der Waals surface area contributed by atoms with Crippen molar-refractivity contribution in [1.82, 2.24) is 10.6 Å². The number of rotatable bonds is 4. The molecule has 0 amide bonds. The lowest BCUT2D eigenvalue weighted by atomic mass is 10.1. The van der Waals surface area contributed by atoms with Gasteiger partial charge in [0.1, 0.15) is 0 Å². The predicted molar refractivity (Wildman–Crippen MR) is 102 cm³/mol. The van der Waals surface area contributed by atoms with Crippen molar-refractivity contribution in [2.24, 2.45) is 4.99 Å². The van der Waals surface area contributed by atoms with Gasteiger partial charge in [-0.15, -0.1) is 24.0 Å². The summed E-state index contributed by atoms with van der Waals surface area (Å²) >= 11 is 0. The number of hydrogen-bond acceptors (Lipinski definition) is 1. The molecule has 2 aromatic rings. The summed E-state index contributed by atoms with van der Waals surface area (Å²) in [5.41, 5.74) is 1.23. The number of nitrogens with zero attached hydrogens (tertiary/aromatic N) is 1. The first-order valence-electron chi connectivity index (χ1n) is 7.21. The fraction of sp³-hybridized carbons (Fsp3) is 0.353. The Morgan fingerprint density at radius 1 is 1.10 bits per heavy atom. The summed E-state index contributed by atoms with van der Waals surface area (Å²) in [6, 6.07) is 15.3. The minimum absolute atomic E-state index is 0. The number of benzene rings is 2. The highest BCUT2D eigenvalue weighted by atomic mass is 127. The molecular formula is C17H24IN3. The molecule has 0 aliphatic rings. The normalized spacial score (nSPS) is 11.3. The van der Waals surface area contributed by atoms with Crippen LogP contribution in [0.4, 0.5) is 0 Å². The summed E-state index contributed by atoms with van der Waals surface area (Å²) < 4.78 is 0. The molecule has 21 heavy (non-hydrogen) atoms. The number of aliphatic imine (C=N–C) groups is 1. The minimum Gasteiger partial charge on any atom is -0.357 e. The van der Waals surface area contributed by atoms with Gasteiger partial charge in [0, 0.05) is 12.6 Å². The van der Waals surface area contributed by atoms with Crippen molar-refractivity contribution in [2.45, 2.75) is 33.4 Å². The van der Waals surface area contributed by atoms with Crippen molar-refractivity contribution in [3.05, 3.63) is 48.0 Å². The molecule has 2 N–H and O–H groups in total. The molecule has 0 unspecified atom stereocenters. The highest BCUT2D eigenvalue weighted by Gasteiger charge is 2.00. The van der Waals surface area contributed by atoms with Crippen LogP contribution in [0.15, 0.2) is 47.5 Å². The monoisotopic (exact) mass is 397 g/mol. The lowest BCUT2D eigenvalue weighted by molar-refractivity contribution is 0.700. The van der Waals surface area contributed by atoms with Gasteiger partial charge in [-0.3, -0.25) is 0 Å². The molecule has 0 atom stereocenters. The first kappa shape index (κ1) is 17.8. The maximum Gasteiger partial charge on any atom is 0.191 e. The van der Waals surface area contributed by atoms with Crippen molar-refractivity contribution in [1.29, 1.82) is 0 Å². The summed E-state index contributed by atoms with van der Waals surface area (Å²) in [5, 5.41) is 9.12. The maximum atomic E-state index is 4.63. The van der Waals surface area contributed by atoms with Gasteiger partial charge in [0.15, 0.2) is 5.96 Å². The molecule has 0 heterocycles. The van der Waals surface area contributed by atoms with Gasteiger partial charge in [0.05, 0.1) is 6.54 Å². The van der Waals surface area contributed by atoms with E-state index in [1.54, 1.807) is 0 Å². The van der Waals surface area contributed by atoms with Gasteiger partial charge in [-0.05, 0) is 43.2 Å². The smallest absolute Gasteiger partial charge is 0.191 e. The zero-order valence-corrected chi connectivity index (χ0v) is 15.2. The Hall–Kier alpha value is -1.30. The van der Waals surface area contributed by atoms with Gasteiger partial charge < -0.3 is 10.6 Å². The van der Waals surface area contributed by atoms with Gasteiger partial charge in [0.2, 0.25) is 0 Å². The average molecular weight is 397 g/mol. The summed E-state index contributed by atoms with van der Waals surface area (Å²) in [6.45, 7) is 7.86. The molecule has 2 aromatic carbocycles.